The average Bonchev–Trinajstić information content (AvgIpc) is 2.90. The molecule has 1 aromatic carbocycles. The second kappa shape index (κ2) is 5.41. The normalized spacial score (nSPS) is 12.1. The summed E-state index contributed by atoms with van der Waals surface area (Å²) in [5.74, 6) is 2.25. The topological polar surface area (TPSA) is 57.6 Å². The van der Waals surface area contributed by atoms with Crippen molar-refractivity contribution in [3.8, 4) is 11.5 Å². The lowest BCUT2D eigenvalue weighted by molar-refractivity contribution is 0.184. The van der Waals surface area contributed by atoms with Crippen LogP contribution in [0, 0.1) is 0 Å². The summed E-state index contributed by atoms with van der Waals surface area (Å²) in [6.45, 7) is 0.361. The summed E-state index contributed by atoms with van der Waals surface area (Å²) in [5, 5.41) is 0. The third-order valence-corrected chi connectivity index (χ3v) is 2.41. The van der Waals surface area contributed by atoms with E-state index in [4.69, 9.17) is 19.6 Å². The van der Waals surface area contributed by atoms with Gasteiger partial charge in [0.05, 0.1) is 13.4 Å². The van der Waals surface area contributed by atoms with E-state index in [9.17, 15) is 0 Å². The lowest BCUT2D eigenvalue weighted by atomic mass is 10.2. The van der Waals surface area contributed by atoms with Crippen molar-refractivity contribution in [3.63, 3.8) is 0 Å². The maximum absolute atomic E-state index is 5.73. The molecule has 2 aromatic rings. The van der Waals surface area contributed by atoms with Gasteiger partial charge in [-0.25, -0.2) is 0 Å². The zero-order chi connectivity index (χ0) is 12.1. The minimum atomic E-state index is -0.265. The van der Waals surface area contributed by atoms with Crippen molar-refractivity contribution in [3.05, 3.63) is 48.4 Å². The van der Waals surface area contributed by atoms with E-state index >= 15 is 0 Å². The number of methoxy groups -OCH3 is 1. The van der Waals surface area contributed by atoms with Crippen LogP contribution in [-0.2, 0) is 0 Å². The molecular weight excluding hydrogens is 218 g/mol. The van der Waals surface area contributed by atoms with Crippen LogP contribution >= 0.6 is 0 Å². The van der Waals surface area contributed by atoms with Gasteiger partial charge in [-0.05, 0) is 36.4 Å². The van der Waals surface area contributed by atoms with Crippen molar-refractivity contribution >= 4 is 0 Å². The molecule has 4 nitrogen and oxygen atoms in total. The van der Waals surface area contributed by atoms with Crippen LogP contribution in [0.5, 0.6) is 11.5 Å². The Bertz CT molecular complexity index is 436. The smallest absolute Gasteiger partial charge is 0.168 e. The molecule has 0 fully saturated rings. The van der Waals surface area contributed by atoms with Gasteiger partial charge >= 0.3 is 0 Å². The van der Waals surface area contributed by atoms with E-state index in [1.54, 1.807) is 13.4 Å². The van der Waals surface area contributed by atoms with E-state index in [2.05, 4.69) is 0 Å². The molecule has 0 saturated heterocycles. The molecule has 1 heterocycles. The second-order valence-electron chi connectivity index (χ2n) is 3.53. The first-order chi connectivity index (χ1) is 8.33. The van der Waals surface area contributed by atoms with Crippen LogP contribution in [-0.4, -0.2) is 13.7 Å². The molecule has 2 rings (SSSR count). The first kappa shape index (κ1) is 11.5. The summed E-state index contributed by atoms with van der Waals surface area (Å²) in [7, 11) is 1.63. The van der Waals surface area contributed by atoms with Gasteiger partial charge in [0.25, 0.3) is 0 Å². The van der Waals surface area contributed by atoms with Gasteiger partial charge in [-0.15, -0.1) is 0 Å². The standard InChI is InChI=1S/C13H15NO3/c1-15-10-4-6-11(7-5-10)17-13(9-14)12-3-2-8-16-12/h2-8,13H,9,14H2,1H3. The number of nitrogens with two attached hydrogens (primary N) is 1. The number of ether oxygens (including phenoxy) is 2. The SMILES string of the molecule is COc1ccc(OC(CN)c2ccco2)cc1. The summed E-state index contributed by atoms with van der Waals surface area (Å²) in [6.07, 6.45) is 1.34. The predicted octanol–water partition coefficient (Wildman–Crippen LogP) is 2.37. The first-order valence-electron chi connectivity index (χ1n) is 5.37. The molecule has 1 unspecified atom stereocenters. The highest BCUT2D eigenvalue weighted by Gasteiger charge is 2.14. The Morgan fingerprint density at radius 2 is 1.88 bits per heavy atom. The number of rotatable bonds is 5. The van der Waals surface area contributed by atoms with Crippen LogP contribution in [0.25, 0.3) is 0 Å². The van der Waals surface area contributed by atoms with Crippen LogP contribution in [0.2, 0.25) is 0 Å². The number of hydrogen-bond donors (Lipinski definition) is 1. The Labute approximate surface area is 99.9 Å². The largest absolute Gasteiger partial charge is 0.497 e. The molecular formula is C13H15NO3. The molecule has 0 bridgehead atoms. The third-order valence-electron chi connectivity index (χ3n) is 2.41. The summed E-state index contributed by atoms with van der Waals surface area (Å²) in [6, 6.07) is 11.0. The lowest BCUT2D eigenvalue weighted by Crippen LogP contribution is -2.17. The quantitative estimate of drug-likeness (QED) is 0.861. The van der Waals surface area contributed by atoms with Gasteiger partial charge in [-0.3, -0.25) is 0 Å². The zero-order valence-corrected chi connectivity index (χ0v) is 9.63. The van der Waals surface area contributed by atoms with Gasteiger partial charge in [0, 0.05) is 6.54 Å². The summed E-state index contributed by atoms with van der Waals surface area (Å²) < 4.78 is 16.1. The van der Waals surface area contributed by atoms with Crippen molar-refractivity contribution in [2.75, 3.05) is 13.7 Å². The lowest BCUT2D eigenvalue weighted by Gasteiger charge is -2.15. The highest BCUT2D eigenvalue weighted by Crippen LogP contribution is 2.23. The predicted molar refractivity (Wildman–Crippen MR) is 64.1 cm³/mol. The van der Waals surface area contributed by atoms with Crippen LogP contribution in [0.3, 0.4) is 0 Å². The highest BCUT2D eigenvalue weighted by atomic mass is 16.5. The van der Waals surface area contributed by atoms with Crippen LogP contribution < -0.4 is 15.2 Å². The van der Waals surface area contributed by atoms with Crippen LogP contribution in [0.15, 0.2) is 47.1 Å². The molecule has 4 heteroatoms. The fourth-order valence-corrected chi connectivity index (χ4v) is 1.52. The molecule has 0 spiro atoms. The van der Waals surface area contributed by atoms with Gasteiger partial charge in [-0.2, -0.15) is 0 Å². The van der Waals surface area contributed by atoms with Crippen LogP contribution in [0.4, 0.5) is 0 Å². The Kier molecular flexibility index (Phi) is 3.67. The molecule has 2 N–H and O–H groups in total. The summed E-state index contributed by atoms with van der Waals surface area (Å²) in [4.78, 5) is 0. The molecule has 0 saturated carbocycles. The molecule has 0 radical (unpaired) electrons. The Hall–Kier alpha value is -1.94. The van der Waals surface area contributed by atoms with E-state index in [0.29, 0.717) is 6.54 Å². The number of benzene rings is 1. The van der Waals surface area contributed by atoms with Crippen molar-refractivity contribution in [2.45, 2.75) is 6.10 Å². The molecule has 0 amide bonds. The van der Waals surface area contributed by atoms with Gasteiger partial charge in [0.1, 0.15) is 17.3 Å². The molecule has 1 aromatic heterocycles. The van der Waals surface area contributed by atoms with Gasteiger partial charge in [0.15, 0.2) is 6.10 Å². The Balaban J connectivity index is 2.07. The molecule has 17 heavy (non-hydrogen) atoms. The number of hydrogen-bond acceptors (Lipinski definition) is 4. The van der Waals surface area contributed by atoms with E-state index in [1.807, 2.05) is 36.4 Å². The molecule has 0 aliphatic heterocycles. The van der Waals surface area contributed by atoms with Gasteiger partial charge in [0.2, 0.25) is 0 Å². The monoisotopic (exact) mass is 233 g/mol. The minimum absolute atomic E-state index is 0.265. The Morgan fingerprint density at radius 3 is 2.41 bits per heavy atom. The number of furan rings is 1. The van der Waals surface area contributed by atoms with Crippen molar-refractivity contribution in [1.82, 2.24) is 0 Å². The van der Waals surface area contributed by atoms with Crippen LogP contribution in [0.1, 0.15) is 11.9 Å². The average molecular weight is 233 g/mol. The molecule has 0 aliphatic rings. The van der Waals surface area contributed by atoms with Crippen molar-refractivity contribution in [1.29, 1.82) is 0 Å². The zero-order valence-electron chi connectivity index (χ0n) is 9.63. The van der Waals surface area contributed by atoms with Gasteiger partial charge < -0.3 is 19.6 Å². The van der Waals surface area contributed by atoms with Gasteiger partial charge in [-0.1, -0.05) is 0 Å². The third kappa shape index (κ3) is 2.79. The fraction of sp³-hybridized carbons (Fsp3) is 0.231. The maximum atomic E-state index is 5.73. The fourth-order valence-electron chi connectivity index (χ4n) is 1.52. The van der Waals surface area contributed by atoms with E-state index < -0.39 is 0 Å². The minimum Gasteiger partial charge on any atom is -0.497 e. The summed E-state index contributed by atoms with van der Waals surface area (Å²) in [5.41, 5.74) is 5.66. The summed E-state index contributed by atoms with van der Waals surface area (Å²) >= 11 is 0. The highest BCUT2D eigenvalue weighted by molar-refractivity contribution is 5.31. The molecule has 0 aliphatic carbocycles. The van der Waals surface area contributed by atoms with E-state index in [1.165, 1.54) is 0 Å². The van der Waals surface area contributed by atoms with Crippen molar-refractivity contribution < 1.29 is 13.9 Å². The van der Waals surface area contributed by atoms with Crippen molar-refractivity contribution in [2.24, 2.45) is 5.73 Å². The molecule has 90 valence electrons. The first-order valence-corrected chi connectivity index (χ1v) is 5.37. The second-order valence-corrected chi connectivity index (χ2v) is 3.53. The maximum Gasteiger partial charge on any atom is 0.168 e. The Morgan fingerprint density at radius 1 is 1.18 bits per heavy atom. The van der Waals surface area contributed by atoms with E-state index in [0.717, 1.165) is 17.3 Å². The van der Waals surface area contributed by atoms with E-state index in [-0.39, 0.29) is 6.10 Å². The molecule has 1 atom stereocenters.